The van der Waals surface area contributed by atoms with Crippen LogP contribution in [0.4, 0.5) is 17.1 Å². The largest absolute Gasteiger partial charge is 0.399 e. The number of carbonyl (C=O) groups excluding carboxylic acids is 3. The number of anilines is 2. The molecule has 5 rings (SSSR count). The van der Waals surface area contributed by atoms with Crippen LogP contribution < -0.4 is 16.8 Å². The van der Waals surface area contributed by atoms with Crippen LogP contribution >= 0.6 is 0 Å². The Bertz CT molecular complexity index is 1540. The molecule has 0 bridgehead atoms. The van der Waals surface area contributed by atoms with E-state index in [0.29, 0.717) is 58.7 Å². The number of aryl methyl sites for hydroxylation is 1. The summed E-state index contributed by atoms with van der Waals surface area (Å²) < 4.78 is 0. The van der Waals surface area contributed by atoms with E-state index in [1.165, 1.54) is 5.06 Å². The SMILES string of the molecule is CCCN(OCc1ccc(N)cc1)C(=O)C1=Cc2ccc(C(=O)Nc3ccc4c(c3)C(=O)CC4)cc2N=C(N)C1. The number of benzene rings is 3. The predicted molar refractivity (Wildman–Crippen MR) is 155 cm³/mol. The average Bonchev–Trinajstić information content (AvgIpc) is 3.21. The zero-order valence-electron chi connectivity index (χ0n) is 22.3. The van der Waals surface area contributed by atoms with E-state index in [1.54, 1.807) is 48.5 Å². The van der Waals surface area contributed by atoms with Crippen molar-refractivity contribution in [1.29, 1.82) is 0 Å². The molecule has 0 fully saturated rings. The number of amidine groups is 1. The molecule has 0 saturated carbocycles. The molecule has 3 aromatic rings. The normalized spacial score (nSPS) is 14.0. The van der Waals surface area contributed by atoms with Crippen LogP contribution in [0.1, 0.15) is 63.6 Å². The van der Waals surface area contributed by atoms with Gasteiger partial charge in [0.25, 0.3) is 11.8 Å². The highest BCUT2D eigenvalue weighted by molar-refractivity contribution is 6.08. The highest BCUT2D eigenvalue weighted by Crippen LogP contribution is 2.30. The number of carbonyl (C=O) groups is 3. The summed E-state index contributed by atoms with van der Waals surface area (Å²) in [6, 6.07) is 17.7. The maximum atomic E-state index is 13.5. The fraction of sp³-hybridized carbons (Fsp3) is 0.226. The first-order valence-corrected chi connectivity index (χ1v) is 13.2. The van der Waals surface area contributed by atoms with Crippen LogP contribution in [0.25, 0.3) is 6.08 Å². The molecule has 9 heteroatoms. The third-order valence-corrected chi connectivity index (χ3v) is 6.84. The van der Waals surface area contributed by atoms with Gasteiger partial charge in [-0.1, -0.05) is 31.2 Å². The number of amides is 2. The first kappa shape index (κ1) is 26.8. The molecule has 2 amide bonds. The van der Waals surface area contributed by atoms with Crippen molar-refractivity contribution in [2.45, 2.75) is 39.2 Å². The number of nitrogens with two attached hydrogens (primary N) is 2. The summed E-state index contributed by atoms with van der Waals surface area (Å²) in [7, 11) is 0. The summed E-state index contributed by atoms with van der Waals surface area (Å²) in [5, 5.41) is 4.21. The lowest BCUT2D eigenvalue weighted by Crippen LogP contribution is -2.34. The number of fused-ring (bicyclic) bond motifs is 2. The number of nitrogens with zero attached hydrogens (tertiary/aromatic N) is 2. The van der Waals surface area contributed by atoms with Crippen LogP contribution in [0.3, 0.4) is 0 Å². The molecule has 0 unspecified atom stereocenters. The van der Waals surface area contributed by atoms with Crippen LogP contribution in [-0.4, -0.2) is 35.0 Å². The van der Waals surface area contributed by atoms with E-state index >= 15 is 0 Å². The Hall–Kier alpha value is -4.76. The first-order valence-electron chi connectivity index (χ1n) is 13.2. The van der Waals surface area contributed by atoms with E-state index in [0.717, 1.165) is 17.5 Å². The van der Waals surface area contributed by atoms with Crippen molar-refractivity contribution < 1.29 is 19.2 Å². The number of ketones is 1. The number of nitrogens with one attached hydrogen (secondary N) is 1. The standard InChI is InChI=1S/C31H31N5O4/c1-2-13-36(40-18-19-3-9-24(32)10-4-19)31(39)23-14-21-5-6-22(15-27(21)35-29(33)16-23)30(38)34-25-11-7-20-8-12-28(37)26(20)17-25/h3-7,9-11,14-15,17H,2,8,12-13,16,18,32H2,1H3,(H2,33,35)(H,34,38). The molecule has 3 aromatic carbocycles. The molecule has 1 heterocycles. The minimum atomic E-state index is -0.336. The van der Waals surface area contributed by atoms with Crippen LogP contribution in [0.15, 0.2) is 71.2 Å². The molecule has 0 aromatic heterocycles. The smallest absolute Gasteiger partial charge is 0.273 e. The molecular formula is C31H31N5O4. The Morgan fingerprint density at radius 2 is 1.82 bits per heavy atom. The molecule has 0 radical (unpaired) electrons. The molecule has 2 aliphatic rings. The second-order valence-electron chi connectivity index (χ2n) is 9.89. The summed E-state index contributed by atoms with van der Waals surface area (Å²) >= 11 is 0. The van der Waals surface area contributed by atoms with Crippen molar-refractivity contribution in [2.75, 3.05) is 17.6 Å². The third kappa shape index (κ3) is 5.94. The summed E-state index contributed by atoms with van der Waals surface area (Å²) in [6.45, 7) is 2.59. The Labute approximate surface area is 232 Å². The Morgan fingerprint density at radius 1 is 1.02 bits per heavy atom. The number of hydrogen-bond acceptors (Lipinski definition) is 7. The molecular weight excluding hydrogens is 506 g/mol. The van der Waals surface area contributed by atoms with Gasteiger partial charge < -0.3 is 16.8 Å². The van der Waals surface area contributed by atoms with E-state index in [4.69, 9.17) is 16.3 Å². The molecule has 5 N–H and O–H groups in total. The Kier molecular flexibility index (Phi) is 7.75. The van der Waals surface area contributed by atoms with Crippen molar-refractivity contribution in [3.8, 4) is 0 Å². The van der Waals surface area contributed by atoms with Crippen molar-refractivity contribution in [2.24, 2.45) is 10.7 Å². The highest BCUT2D eigenvalue weighted by atomic mass is 16.7. The third-order valence-electron chi connectivity index (χ3n) is 6.84. The van der Waals surface area contributed by atoms with E-state index in [2.05, 4.69) is 10.3 Å². The molecule has 0 atom stereocenters. The fourth-order valence-electron chi connectivity index (χ4n) is 4.74. The van der Waals surface area contributed by atoms with Crippen LogP contribution in [0.2, 0.25) is 0 Å². The van der Waals surface area contributed by atoms with E-state index in [-0.39, 0.29) is 36.5 Å². The van der Waals surface area contributed by atoms with Crippen LogP contribution in [-0.2, 0) is 22.7 Å². The van der Waals surface area contributed by atoms with Gasteiger partial charge in [0.2, 0.25) is 0 Å². The van der Waals surface area contributed by atoms with Crippen molar-refractivity contribution >= 4 is 46.6 Å². The van der Waals surface area contributed by atoms with E-state index in [9.17, 15) is 14.4 Å². The van der Waals surface area contributed by atoms with Crippen LogP contribution in [0.5, 0.6) is 0 Å². The summed E-state index contributed by atoms with van der Waals surface area (Å²) in [6.07, 6.45) is 3.82. The lowest BCUT2D eigenvalue weighted by Gasteiger charge is -2.22. The molecule has 40 heavy (non-hydrogen) atoms. The van der Waals surface area contributed by atoms with E-state index < -0.39 is 0 Å². The summed E-state index contributed by atoms with van der Waals surface area (Å²) in [5.41, 5.74) is 17.7. The quantitative estimate of drug-likeness (QED) is 0.279. The zero-order valence-corrected chi connectivity index (χ0v) is 22.3. The number of rotatable bonds is 8. The van der Waals surface area contributed by atoms with Gasteiger partial charge in [0.05, 0.1) is 5.69 Å². The summed E-state index contributed by atoms with van der Waals surface area (Å²) in [5.74, 6) is -0.290. The lowest BCUT2D eigenvalue weighted by atomic mass is 10.0. The second-order valence-corrected chi connectivity index (χ2v) is 9.89. The fourth-order valence-corrected chi connectivity index (χ4v) is 4.74. The number of aliphatic imine (C=N–C) groups is 1. The van der Waals surface area contributed by atoms with Gasteiger partial charge in [-0.15, -0.1) is 0 Å². The number of hydroxylamine groups is 2. The molecule has 1 aliphatic carbocycles. The molecule has 0 spiro atoms. The molecule has 204 valence electrons. The van der Waals surface area contributed by atoms with Gasteiger partial charge in [0.1, 0.15) is 12.4 Å². The predicted octanol–water partition coefficient (Wildman–Crippen LogP) is 4.80. The van der Waals surface area contributed by atoms with Gasteiger partial charge in [0, 0.05) is 53.0 Å². The highest BCUT2D eigenvalue weighted by Gasteiger charge is 2.23. The van der Waals surface area contributed by atoms with Crippen molar-refractivity contribution in [1.82, 2.24) is 5.06 Å². The van der Waals surface area contributed by atoms with Crippen molar-refractivity contribution in [3.05, 3.63) is 94.1 Å². The second kappa shape index (κ2) is 11.5. The molecule has 0 saturated heterocycles. The van der Waals surface area contributed by atoms with Gasteiger partial charge in [-0.25, -0.2) is 10.1 Å². The minimum Gasteiger partial charge on any atom is -0.399 e. The minimum absolute atomic E-state index is 0.0891. The number of Topliss-reactive ketones (excluding diaryl/α,β-unsaturated/α-hetero) is 1. The van der Waals surface area contributed by atoms with Gasteiger partial charge in [0.15, 0.2) is 5.78 Å². The zero-order chi connectivity index (χ0) is 28.2. The Balaban J connectivity index is 1.33. The number of hydrogen-bond donors (Lipinski definition) is 3. The monoisotopic (exact) mass is 537 g/mol. The number of nitrogen functional groups attached to an aromatic ring is 1. The maximum Gasteiger partial charge on any atom is 0.273 e. The van der Waals surface area contributed by atoms with Crippen LogP contribution in [0, 0.1) is 0 Å². The lowest BCUT2D eigenvalue weighted by molar-refractivity contribution is -0.187. The van der Waals surface area contributed by atoms with Gasteiger partial charge >= 0.3 is 0 Å². The topological polar surface area (TPSA) is 140 Å². The van der Waals surface area contributed by atoms with Gasteiger partial charge in [-0.3, -0.25) is 19.2 Å². The maximum absolute atomic E-state index is 13.5. The molecule has 1 aliphatic heterocycles. The Morgan fingerprint density at radius 3 is 2.60 bits per heavy atom. The van der Waals surface area contributed by atoms with E-state index in [1.807, 2.05) is 25.1 Å². The average molecular weight is 538 g/mol. The first-order chi connectivity index (χ1) is 19.3. The summed E-state index contributed by atoms with van der Waals surface area (Å²) in [4.78, 5) is 48.9. The van der Waals surface area contributed by atoms with Gasteiger partial charge in [-0.05, 0) is 66.4 Å². The van der Waals surface area contributed by atoms with Crippen molar-refractivity contribution in [3.63, 3.8) is 0 Å². The van der Waals surface area contributed by atoms with Gasteiger partial charge in [-0.2, -0.15) is 0 Å². The molecule has 9 nitrogen and oxygen atoms in total.